The van der Waals surface area contributed by atoms with E-state index in [-0.39, 0.29) is 24.5 Å². The van der Waals surface area contributed by atoms with Gasteiger partial charge in [-0.25, -0.2) is 9.59 Å². The number of ether oxygens (including phenoxy) is 2. The number of hydrogen-bond donors (Lipinski definition) is 1. The molecule has 2 atom stereocenters. The zero-order valence-electron chi connectivity index (χ0n) is 19.3. The third-order valence-electron chi connectivity index (χ3n) is 5.95. The molecule has 1 fully saturated rings. The highest BCUT2D eigenvalue weighted by molar-refractivity contribution is 5.95. The van der Waals surface area contributed by atoms with Crippen LogP contribution in [0.15, 0.2) is 35.5 Å². The summed E-state index contributed by atoms with van der Waals surface area (Å²) in [5.41, 5.74) is 2.89. The van der Waals surface area contributed by atoms with Crippen LogP contribution in [0, 0.1) is 12.8 Å². The molecule has 0 saturated carbocycles. The average Bonchev–Trinajstić information content (AvgIpc) is 2.77. The van der Waals surface area contributed by atoms with E-state index >= 15 is 0 Å². The lowest BCUT2D eigenvalue weighted by molar-refractivity contribution is -0.150. The fourth-order valence-corrected chi connectivity index (χ4v) is 4.36. The number of esters is 2. The van der Waals surface area contributed by atoms with Gasteiger partial charge in [-0.2, -0.15) is 0 Å². The zero-order valence-corrected chi connectivity index (χ0v) is 19.3. The Morgan fingerprint density at radius 3 is 2.62 bits per heavy atom. The summed E-state index contributed by atoms with van der Waals surface area (Å²) in [6.45, 7) is 7.81. The molecule has 2 aliphatic rings. The highest BCUT2D eigenvalue weighted by Crippen LogP contribution is 2.32. The summed E-state index contributed by atoms with van der Waals surface area (Å²) in [7, 11) is 1.66. The number of urea groups is 1. The van der Waals surface area contributed by atoms with Gasteiger partial charge in [0.2, 0.25) is 0 Å². The number of nitrogens with one attached hydrogen (secondary N) is 1. The summed E-state index contributed by atoms with van der Waals surface area (Å²) in [5.74, 6) is -0.838. The Morgan fingerprint density at radius 1 is 1.19 bits per heavy atom. The van der Waals surface area contributed by atoms with Gasteiger partial charge in [0.1, 0.15) is 0 Å². The normalized spacial score (nSPS) is 21.9. The lowest BCUT2D eigenvalue weighted by Gasteiger charge is -2.38. The second-order valence-electron chi connectivity index (χ2n) is 8.26. The first-order valence-electron chi connectivity index (χ1n) is 11.3. The molecule has 32 heavy (non-hydrogen) atoms. The maximum Gasteiger partial charge on any atom is 0.338 e. The van der Waals surface area contributed by atoms with E-state index in [1.807, 2.05) is 31.2 Å². The number of nitrogens with zero attached hydrogens (tertiary/aromatic N) is 2. The number of likely N-dealkylation sites (N-methyl/N-ethyl adjacent to an activating group) is 1. The first-order valence-corrected chi connectivity index (χ1v) is 11.3. The van der Waals surface area contributed by atoms with Crippen molar-refractivity contribution in [1.29, 1.82) is 0 Å². The van der Waals surface area contributed by atoms with Gasteiger partial charge in [-0.05, 0) is 45.7 Å². The lowest BCUT2D eigenvalue weighted by Crippen LogP contribution is -2.50. The quantitative estimate of drug-likeness (QED) is 0.652. The Hall–Kier alpha value is -2.87. The first-order chi connectivity index (χ1) is 15.3. The minimum Gasteiger partial charge on any atom is -0.466 e. The van der Waals surface area contributed by atoms with Crippen LogP contribution < -0.4 is 5.32 Å². The van der Waals surface area contributed by atoms with E-state index in [0.717, 1.165) is 30.5 Å². The van der Waals surface area contributed by atoms with Crippen molar-refractivity contribution >= 4 is 18.0 Å². The van der Waals surface area contributed by atoms with Crippen molar-refractivity contribution in [2.24, 2.45) is 5.92 Å². The van der Waals surface area contributed by atoms with Gasteiger partial charge < -0.3 is 14.8 Å². The molecule has 1 aromatic rings. The predicted molar refractivity (Wildman–Crippen MR) is 120 cm³/mol. The maximum atomic E-state index is 13.1. The highest BCUT2D eigenvalue weighted by Gasteiger charge is 2.38. The molecule has 8 heteroatoms. The van der Waals surface area contributed by atoms with Crippen LogP contribution in [0.3, 0.4) is 0 Å². The van der Waals surface area contributed by atoms with Gasteiger partial charge in [-0.15, -0.1) is 0 Å². The molecule has 0 aromatic heterocycles. The van der Waals surface area contributed by atoms with E-state index in [9.17, 15) is 14.4 Å². The third kappa shape index (κ3) is 5.30. The number of hydrogen-bond acceptors (Lipinski definition) is 6. The Labute approximate surface area is 189 Å². The van der Waals surface area contributed by atoms with E-state index in [1.54, 1.807) is 20.9 Å². The van der Waals surface area contributed by atoms with Crippen LogP contribution in [-0.4, -0.2) is 67.7 Å². The zero-order chi connectivity index (χ0) is 23.3. The average molecular weight is 444 g/mol. The molecule has 174 valence electrons. The molecule has 0 radical (unpaired) electrons. The Bertz CT molecular complexity index is 897. The topological polar surface area (TPSA) is 88.2 Å². The number of benzene rings is 1. The Morgan fingerprint density at radius 2 is 1.94 bits per heavy atom. The van der Waals surface area contributed by atoms with Gasteiger partial charge in [0.05, 0.1) is 30.7 Å². The van der Waals surface area contributed by atoms with Gasteiger partial charge in [0.15, 0.2) is 0 Å². The van der Waals surface area contributed by atoms with Crippen molar-refractivity contribution in [3.8, 4) is 0 Å². The number of piperidine rings is 1. The number of carbonyl (C=O) groups is 3. The van der Waals surface area contributed by atoms with Gasteiger partial charge in [0.25, 0.3) is 0 Å². The number of aryl methyl sites for hydroxylation is 1. The molecular formula is C24H33N3O5. The molecule has 8 nitrogen and oxygen atoms in total. The molecule has 1 saturated heterocycles. The van der Waals surface area contributed by atoms with Crippen LogP contribution in [0.4, 0.5) is 4.79 Å². The number of amides is 2. The second kappa shape index (κ2) is 10.6. The molecular weight excluding hydrogens is 410 g/mol. The standard InChI is InChI=1S/C24H33N3O5/c1-5-31-22(28)18-11-8-12-27(14-18)15-19-20(23(29)32-6-2)21(25-24(30)26(19)4)17-10-7-9-16(3)13-17/h7,9-10,13,18,21H,5-6,8,11-12,14-15H2,1-4H3,(H,25,30)/t18-,21+/m0/s1. The number of carbonyl (C=O) groups excluding carboxylic acids is 3. The molecule has 2 aliphatic heterocycles. The molecule has 3 rings (SSSR count). The molecule has 0 aliphatic carbocycles. The van der Waals surface area contributed by atoms with Crippen molar-refractivity contribution < 1.29 is 23.9 Å². The SMILES string of the molecule is CCOC(=O)C1=C(CN2CCC[C@H](C(=O)OCC)C2)N(C)C(=O)N[C@@H]1c1cccc(C)c1. The van der Waals surface area contributed by atoms with Gasteiger partial charge >= 0.3 is 18.0 Å². The second-order valence-corrected chi connectivity index (χ2v) is 8.26. The molecule has 0 spiro atoms. The fourth-order valence-electron chi connectivity index (χ4n) is 4.36. The van der Waals surface area contributed by atoms with Crippen molar-refractivity contribution in [2.45, 2.75) is 39.7 Å². The molecule has 1 aromatic carbocycles. The third-order valence-corrected chi connectivity index (χ3v) is 5.95. The number of rotatable bonds is 7. The van der Waals surface area contributed by atoms with Gasteiger partial charge in [-0.3, -0.25) is 14.6 Å². The molecule has 0 bridgehead atoms. The summed E-state index contributed by atoms with van der Waals surface area (Å²) < 4.78 is 10.6. The van der Waals surface area contributed by atoms with Crippen LogP contribution >= 0.6 is 0 Å². The minimum atomic E-state index is -0.599. The van der Waals surface area contributed by atoms with Crippen LogP contribution in [0.2, 0.25) is 0 Å². The van der Waals surface area contributed by atoms with Crippen molar-refractivity contribution in [1.82, 2.24) is 15.1 Å². The van der Waals surface area contributed by atoms with Gasteiger partial charge in [-0.1, -0.05) is 29.8 Å². The van der Waals surface area contributed by atoms with E-state index in [0.29, 0.717) is 31.0 Å². The highest BCUT2D eigenvalue weighted by atomic mass is 16.5. The molecule has 0 unspecified atom stereocenters. The first kappa shape index (κ1) is 23.8. The van der Waals surface area contributed by atoms with E-state index in [1.165, 1.54) is 4.90 Å². The van der Waals surface area contributed by atoms with Crippen molar-refractivity contribution in [3.05, 3.63) is 46.7 Å². The molecule has 2 amide bonds. The van der Waals surface area contributed by atoms with Gasteiger partial charge in [0, 0.05) is 25.8 Å². The summed E-state index contributed by atoms with van der Waals surface area (Å²) in [6, 6.07) is 6.87. The minimum absolute atomic E-state index is 0.191. The number of likely N-dealkylation sites (tertiary alicyclic amines) is 1. The maximum absolute atomic E-state index is 13.1. The summed E-state index contributed by atoms with van der Waals surface area (Å²) in [4.78, 5) is 41.8. The van der Waals surface area contributed by atoms with E-state index in [4.69, 9.17) is 9.47 Å². The monoisotopic (exact) mass is 443 g/mol. The van der Waals surface area contributed by atoms with E-state index < -0.39 is 12.0 Å². The van der Waals surface area contributed by atoms with Crippen molar-refractivity contribution in [3.63, 3.8) is 0 Å². The summed E-state index contributed by atoms with van der Waals surface area (Å²) in [5, 5.41) is 2.95. The molecule has 1 N–H and O–H groups in total. The Kier molecular flexibility index (Phi) is 7.90. The molecule has 2 heterocycles. The van der Waals surface area contributed by atoms with Crippen LogP contribution in [0.5, 0.6) is 0 Å². The van der Waals surface area contributed by atoms with Crippen LogP contribution in [0.1, 0.15) is 43.9 Å². The van der Waals surface area contributed by atoms with Crippen LogP contribution in [0.25, 0.3) is 0 Å². The van der Waals surface area contributed by atoms with Crippen LogP contribution in [-0.2, 0) is 19.1 Å². The fraction of sp³-hybridized carbons (Fsp3) is 0.542. The lowest BCUT2D eigenvalue weighted by atomic mass is 9.92. The predicted octanol–water partition coefficient (Wildman–Crippen LogP) is 2.78. The summed E-state index contributed by atoms with van der Waals surface area (Å²) in [6.07, 6.45) is 1.63. The smallest absolute Gasteiger partial charge is 0.338 e. The summed E-state index contributed by atoms with van der Waals surface area (Å²) >= 11 is 0. The van der Waals surface area contributed by atoms with Crippen molar-refractivity contribution in [2.75, 3.05) is 39.9 Å². The Balaban J connectivity index is 1.97. The van der Waals surface area contributed by atoms with E-state index in [2.05, 4.69) is 10.2 Å². The largest absolute Gasteiger partial charge is 0.466 e.